The van der Waals surface area contributed by atoms with Gasteiger partial charge in [0.05, 0.1) is 4.39 Å². The maximum absolute atomic E-state index is 9.74. The monoisotopic (exact) mass is 199 g/mol. The van der Waals surface area contributed by atoms with Gasteiger partial charge in [0.15, 0.2) is 16.2 Å². The molecular formula is C2H6ClN5O4. The van der Waals surface area contributed by atoms with Gasteiger partial charge in [-0.2, -0.15) is 19.0 Å². The molecule has 0 amide bonds. The van der Waals surface area contributed by atoms with E-state index in [0.29, 0.717) is 0 Å². The third-order valence-corrected chi connectivity index (χ3v) is 0.694. The van der Waals surface area contributed by atoms with Crippen LogP contribution in [0.5, 0.6) is 0 Å². The van der Waals surface area contributed by atoms with Crippen LogP contribution < -0.4 is 31.2 Å². The predicted octanol–water partition coefficient (Wildman–Crippen LogP) is -5.60. The van der Waals surface area contributed by atoms with Crippen molar-refractivity contribution in [1.29, 1.82) is 0 Å². The second-order valence-electron chi connectivity index (χ2n) is 1.43. The Labute approximate surface area is 68.8 Å². The molecule has 0 rings (SSSR count). The van der Waals surface area contributed by atoms with Crippen molar-refractivity contribution in [2.45, 2.75) is 0 Å². The van der Waals surface area contributed by atoms with Crippen molar-refractivity contribution in [3.63, 3.8) is 0 Å². The summed E-state index contributed by atoms with van der Waals surface area (Å²) in [6.07, 6.45) is 0. The van der Waals surface area contributed by atoms with Crippen LogP contribution >= 0.6 is 0 Å². The SMILES string of the molecule is NC(N)=NC(N)=NO[Cl+3]([O-])([O-])[O-]. The van der Waals surface area contributed by atoms with E-state index in [0.717, 1.165) is 0 Å². The Morgan fingerprint density at radius 3 is 2.00 bits per heavy atom. The normalized spacial score (nSPS) is 12.4. The van der Waals surface area contributed by atoms with Crippen molar-refractivity contribution >= 4 is 11.9 Å². The maximum Gasteiger partial charge on any atom is 0.276 e. The van der Waals surface area contributed by atoms with E-state index in [4.69, 9.17) is 17.2 Å². The number of aliphatic imine (C=N–C) groups is 1. The van der Waals surface area contributed by atoms with Gasteiger partial charge in [0, 0.05) is 0 Å². The van der Waals surface area contributed by atoms with E-state index >= 15 is 0 Å². The molecule has 0 aliphatic heterocycles. The Hall–Kier alpha value is -1.29. The minimum Gasteiger partial charge on any atom is -0.370 e. The Kier molecular flexibility index (Phi) is 3.50. The molecular weight excluding hydrogens is 194 g/mol. The lowest BCUT2D eigenvalue weighted by Crippen LogP contribution is -2.60. The van der Waals surface area contributed by atoms with Gasteiger partial charge in [-0.3, -0.25) is 0 Å². The van der Waals surface area contributed by atoms with Crippen molar-refractivity contribution in [2.75, 3.05) is 0 Å². The lowest BCUT2D eigenvalue weighted by atomic mass is 11.0. The summed E-state index contributed by atoms with van der Waals surface area (Å²) in [5, 5.41) is 2.57. The Morgan fingerprint density at radius 1 is 1.17 bits per heavy atom. The predicted molar refractivity (Wildman–Crippen MR) is 28.5 cm³/mol. The molecule has 0 aliphatic carbocycles. The minimum absolute atomic E-state index is 0.445. The Morgan fingerprint density at radius 2 is 1.67 bits per heavy atom. The molecule has 0 aliphatic rings. The molecule has 0 aromatic rings. The summed E-state index contributed by atoms with van der Waals surface area (Å²) in [4.78, 5) is 3.05. The average Bonchev–Trinajstić information content (AvgIpc) is 1.80. The second kappa shape index (κ2) is 3.92. The zero-order valence-corrected chi connectivity index (χ0v) is 6.39. The quantitative estimate of drug-likeness (QED) is 0.225. The van der Waals surface area contributed by atoms with Crippen LogP contribution in [0.4, 0.5) is 0 Å². The van der Waals surface area contributed by atoms with Crippen LogP contribution in [0, 0.1) is 10.2 Å². The van der Waals surface area contributed by atoms with E-state index in [-0.39, 0.29) is 0 Å². The van der Waals surface area contributed by atoms with E-state index in [2.05, 4.69) is 14.5 Å². The van der Waals surface area contributed by atoms with Gasteiger partial charge in [-0.05, 0) is 0 Å². The largest absolute Gasteiger partial charge is 0.370 e. The molecule has 0 radical (unpaired) electrons. The summed E-state index contributed by atoms with van der Waals surface area (Å²) in [6, 6.07) is 0. The Bertz CT molecular complexity index is 204. The maximum atomic E-state index is 9.74. The lowest BCUT2D eigenvalue weighted by Gasteiger charge is -2.06. The summed E-state index contributed by atoms with van der Waals surface area (Å²) in [6.45, 7) is 0. The number of rotatable bonds is 2. The van der Waals surface area contributed by atoms with E-state index in [1.54, 1.807) is 0 Å². The topological polar surface area (TPSA) is 181 Å². The third-order valence-electron chi connectivity index (χ3n) is 0.456. The summed E-state index contributed by atoms with van der Waals surface area (Å²) >= 11 is 0. The van der Waals surface area contributed by atoms with Gasteiger partial charge in [-0.25, -0.2) is 0 Å². The fourth-order valence-electron chi connectivity index (χ4n) is 0.230. The second-order valence-corrected chi connectivity index (χ2v) is 2.33. The number of oxime groups is 1. The molecule has 12 heavy (non-hydrogen) atoms. The van der Waals surface area contributed by atoms with Crippen LogP contribution in [-0.4, -0.2) is 11.9 Å². The van der Waals surface area contributed by atoms with Crippen molar-refractivity contribution in [2.24, 2.45) is 27.3 Å². The molecule has 10 heteroatoms. The number of hydrogen-bond donors (Lipinski definition) is 3. The van der Waals surface area contributed by atoms with Crippen LogP contribution in [0.25, 0.3) is 0 Å². The highest BCUT2D eigenvalue weighted by Crippen LogP contribution is 1.88. The zero-order valence-electron chi connectivity index (χ0n) is 5.64. The van der Waals surface area contributed by atoms with Crippen molar-refractivity contribution < 1.29 is 28.6 Å². The fourth-order valence-corrected chi connectivity index (χ4v) is 0.386. The molecule has 0 fully saturated rings. The van der Waals surface area contributed by atoms with Gasteiger partial charge in [-0.15, -0.1) is 0 Å². The molecule has 0 bridgehead atoms. The van der Waals surface area contributed by atoms with E-state index in [1.165, 1.54) is 0 Å². The van der Waals surface area contributed by atoms with Crippen molar-refractivity contribution in [1.82, 2.24) is 0 Å². The highest BCUT2D eigenvalue weighted by Gasteiger charge is 2.16. The van der Waals surface area contributed by atoms with E-state index < -0.39 is 22.2 Å². The van der Waals surface area contributed by atoms with Crippen molar-refractivity contribution in [3.8, 4) is 0 Å². The molecule has 0 heterocycles. The molecule has 0 unspecified atom stereocenters. The number of nitrogens with zero attached hydrogens (tertiary/aromatic N) is 2. The first-order valence-corrected chi connectivity index (χ1v) is 3.57. The standard InChI is InChI=1S/C2H6ClN5O4/c4-1(5)7-2(6)8-12-3(9,10)11/h(H6,4,5,6,7,8). The van der Waals surface area contributed by atoms with Gasteiger partial charge in [0.1, 0.15) is 5.16 Å². The van der Waals surface area contributed by atoms with Crippen molar-refractivity contribution in [3.05, 3.63) is 0 Å². The first-order chi connectivity index (χ1) is 5.31. The van der Waals surface area contributed by atoms with Crippen LogP contribution in [-0.2, 0) is 4.39 Å². The van der Waals surface area contributed by atoms with E-state index in [1.807, 2.05) is 0 Å². The number of nitrogens with two attached hydrogens (primary N) is 3. The lowest BCUT2D eigenvalue weighted by molar-refractivity contribution is -1.92. The molecule has 70 valence electrons. The first kappa shape index (κ1) is 10.7. The summed E-state index contributed by atoms with van der Waals surface area (Å²) in [5.74, 6) is -1.12. The fraction of sp³-hybridized carbons (Fsp3) is 0. The highest BCUT2D eigenvalue weighted by atomic mass is 35.7. The number of hydrogen-bond acceptors (Lipinski definition) is 5. The van der Waals surface area contributed by atoms with Gasteiger partial charge < -0.3 is 17.2 Å². The van der Waals surface area contributed by atoms with Gasteiger partial charge in [-0.1, -0.05) is 0 Å². The van der Waals surface area contributed by atoms with Gasteiger partial charge in [0.25, 0.3) is 5.96 Å². The third kappa shape index (κ3) is 6.82. The molecule has 0 saturated heterocycles. The van der Waals surface area contributed by atoms with E-state index in [9.17, 15) is 14.0 Å². The zero-order chi connectivity index (χ0) is 9.78. The molecule has 9 nitrogen and oxygen atoms in total. The van der Waals surface area contributed by atoms with Crippen LogP contribution in [0.15, 0.2) is 10.1 Å². The van der Waals surface area contributed by atoms with Crippen LogP contribution in [0.3, 0.4) is 0 Å². The molecule has 0 aromatic carbocycles. The summed E-state index contributed by atoms with van der Waals surface area (Å²) in [7, 11) is -4.67. The van der Waals surface area contributed by atoms with Gasteiger partial charge >= 0.3 is 0 Å². The molecule has 0 spiro atoms. The number of halogens is 1. The van der Waals surface area contributed by atoms with Gasteiger partial charge in [0.2, 0.25) is 0 Å². The van der Waals surface area contributed by atoms with Crippen LogP contribution in [0.2, 0.25) is 0 Å². The molecule has 0 saturated carbocycles. The molecule has 6 N–H and O–H groups in total. The number of guanidine groups is 2. The summed E-state index contributed by atoms with van der Waals surface area (Å²) in [5.41, 5.74) is 14.5. The minimum atomic E-state index is -4.67. The molecule has 0 aromatic heterocycles. The smallest absolute Gasteiger partial charge is 0.276 e. The highest BCUT2D eigenvalue weighted by molar-refractivity contribution is 5.92. The first-order valence-electron chi connectivity index (χ1n) is 2.34. The average molecular weight is 200 g/mol. The Balaban J connectivity index is 4.12. The van der Waals surface area contributed by atoms with Crippen LogP contribution in [0.1, 0.15) is 0 Å². The molecule has 0 atom stereocenters. The summed E-state index contributed by atoms with van der Waals surface area (Å²) < 4.78 is 32.6.